The zero-order valence-corrected chi connectivity index (χ0v) is 25.9. The van der Waals surface area contributed by atoms with Crippen LogP contribution in [0.5, 0.6) is 0 Å². The van der Waals surface area contributed by atoms with Crippen molar-refractivity contribution in [3.63, 3.8) is 0 Å². The second-order valence-corrected chi connectivity index (χ2v) is 14.1. The van der Waals surface area contributed by atoms with E-state index in [0.717, 1.165) is 16.5 Å². The molecule has 0 bridgehead atoms. The van der Waals surface area contributed by atoms with E-state index in [0.29, 0.717) is 44.7 Å². The number of carbonyl (C=O) groups is 1. The Hall–Kier alpha value is -2.78. The van der Waals surface area contributed by atoms with E-state index in [1.165, 1.54) is 9.71 Å². The molecule has 2 aliphatic heterocycles. The second kappa shape index (κ2) is 13.9. The van der Waals surface area contributed by atoms with Crippen LogP contribution >= 0.6 is 0 Å². The minimum atomic E-state index is -4.14. The molecule has 45 heavy (non-hydrogen) atoms. The lowest BCUT2D eigenvalue weighted by atomic mass is 9.79. The number of hydrogen-bond donors (Lipinski definition) is 3. The highest BCUT2D eigenvalue weighted by atomic mass is 32.2. The number of alkyl halides is 3. The highest BCUT2D eigenvalue weighted by Crippen LogP contribution is 2.38. The van der Waals surface area contributed by atoms with Gasteiger partial charge >= 0.3 is 6.18 Å². The number of ether oxygens (including phenoxy) is 1. The molecule has 1 saturated carbocycles. The van der Waals surface area contributed by atoms with Crippen molar-refractivity contribution in [1.82, 2.24) is 14.2 Å². The van der Waals surface area contributed by atoms with Crippen molar-refractivity contribution in [2.75, 3.05) is 32.9 Å². The molecule has 248 valence electrons. The van der Waals surface area contributed by atoms with Crippen LogP contribution < -0.4 is 5.32 Å². The van der Waals surface area contributed by atoms with Crippen molar-refractivity contribution in [3.8, 4) is 0 Å². The molecule has 1 aromatic carbocycles. The van der Waals surface area contributed by atoms with Crippen molar-refractivity contribution in [2.45, 2.75) is 75.7 Å². The summed E-state index contributed by atoms with van der Waals surface area (Å²) in [5, 5.41) is 23.3. The van der Waals surface area contributed by atoms with Crippen molar-refractivity contribution in [2.24, 2.45) is 16.8 Å². The Morgan fingerprint density at radius 2 is 1.89 bits per heavy atom. The number of hydrogen-bond acceptors (Lipinski definition) is 7. The van der Waals surface area contributed by atoms with Gasteiger partial charge in [-0.05, 0) is 74.6 Å². The third kappa shape index (κ3) is 8.15. The summed E-state index contributed by atoms with van der Waals surface area (Å²) < 4.78 is 73.1. The Labute approximate surface area is 261 Å². The largest absolute Gasteiger partial charge is 0.394 e. The van der Waals surface area contributed by atoms with Crippen molar-refractivity contribution >= 4 is 38.7 Å². The van der Waals surface area contributed by atoms with Crippen LogP contribution in [0.25, 0.3) is 17.0 Å². The maximum atomic E-state index is 13.3. The van der Waals surface area contributed by atoms with Crippen LogP contribution in [-0.2, 0) is 26.1 Å². The number of aliphatic hydroxyl groups is 2. The molecule has 3 heterocycles. The number of piperidine rings is 1. The molecule has 2 aromatic rings. The first-order chi connectivity index (χ1) is 21.4. The number of aliphatic hydroxyl groups excluding tert-OH is 2. The molecular weight excluding hydrogens is 613 g/mol. The number of amidine groups is 1. The number of nitrogens with one attached hydrogen (secondary N) is 1. The molecule has 2 fully saturated rings. The number of halogens is 3. The molecule has 1 amide bonds. The van der Waals surface area contributed by atoms with Gasteiger partial charge in [0, 0.05) is 54.5 Å². The number of fused-ring (bicyclic) bond motifs is 1. The fourth-order valence-corrected chi connectivity index (χ4v) is 7.73. The summed E-state index contributed by atoms with van der Waals surface area (Å²) in [4.78, 5) is 17.8. The summed E-state index contributed by atoms with van der Waals surface area (Å²) in [6.07, 6.45) is 0.978. The number of benzene rings is 1. The van der Waals surface area contributed by atoms with Crippen LogP contribution in [0.1, 0.15) is 56.9 Å². The standard InChI is InChI=1S/C31H41F3N4O6S/c32-31(33,34)11-8-22-4-6-24(7-5-22)28-35-29(41)30(36-28)12-15-38(16-13-30)45(42,43)19-10-23-2-1-3-27-26(23)9-14-37(27)17-18-44-21-25(40)20-39/h1-3,9-10,14,19,22,24-25,39-40H,4-8,11-13,15-18,20-21H2,(H,35,36,41)/t22?,24?,25-/m1/s1. The van der Waals surface area contributed by atoms with Crippen LogP contribution in [0, 0.1) is 11.8 Å². The fourth-order valence-electron chi connectivity index (χ4n) is 6.55. The quantitative estimate of drug-likeness (QED) is 0.298. The molecule has 1 saturated heterocycles. The van der Waals surface area contributed by atoms with Gasteiger partial charge in [0.05, 0.1) is 19.8 Å². The molecule has 0 radical (unpaired) electrons. The maximum absolute atomic E-state index is 13.3. The van der Waals surface area contributed by atoms with Crippen LogP contribution in [-0.4, -0.2) is 90.0 Å². The van der Waals surface area contributed by atoms with Crippen molar-refractivity contribution in [3.05, 3.63) is 41.4 Å². The second-order valence-electron chi connectivity index (χ2n) is 12.3. The zero-order valence-electron chi connectivity index (χ0n) is 25.1. The van der Waals surface area contributed by atoms with E-state index in [4.69, 9.17) is 14.8 Å². The van der Waals surface area contributed by atoms with Gasteiger partial charge in [-0.25, -0.2) is 8.42 Å². The molecule has 1 aliphatic carbocycles. The summed E-state index contributed by atoms with van der Waals surface area (Å²) >= 11 is 0. The first-order valence-corrected chi connectivity index (χ1v) is 17.0. The Kier molecular flexibility index (Phi) is 10.4. The molecule has 0 unspecified atom stereocenters. The summed E-state index contributed by atoms with van der Waals surface area (Å²) in [7, 11) is -3.77. The van der Waals surface area contributed by atoms with Crippen LogP contribution in [0.4, 0.5) is 13.2 Å². The molecular formula is C31H41F3N4O6S. The zero-order chi connectivity index (χ0) is 32.2. The third-order valence-electron chi connectivity index (χ3n) is 9.24. The molecule has 1 aromatic heterocycles. The lowest BCUT2D eigenvalue weighted by Crippen LogP contribution is -2.50. The average Bonchev–Trinajstić information content (AvgIpc) is 3.58. The summed E-state index contributed by atoms with van der Waals surface area (Å²) in [5.74, 6) is 0.404. The summed E-state index contributed by atoms with van der Waals surface area (Å²) in [6.45, 7) is 0.815. The number of aliphatic imine (C=N–C) groups is 1. The summed E-state index contributed by atoms with van der Waals surface area (Å²) in [6, 6.07) is 7.50. The Morgan fingerprint density at radius 1 is 1.16 bits per heavy atom. The van der Waals surface area contributed by atoms with Crippen LogP contribution in [0.2, 0.25) is 0 Å². The van der Waals surface area contributed by atoms with Crippen molar-refractivity contribution in [1.29, 1.82) is 0 Å². The Bertz CT molecular complexity index is 1510. The molecule has 1 spiro atoms. The van der Waals surface area contributed by atoms with Gasteiger partial charge in [0.15, 0.2) is 0 Å². The van der Waals surface area contributed by atoms with Crippen LogP contribution in [0.15, 0.2) is 40.9 Å². The minimum absolute atomic E-state index is 0.00409. The first kappa shape index (κ1) is 33.6. The molecule has 14 heteroatoms. The number of sulfonamides is 1. The normalized spacial score (nSPS) is 23.6. The van der Waals surface area contributed by atoms with E-state index >= 15 is 0 Å². The van der Waals surface area contributed by atoms with E-state index < -0.39 is 34.3 Å². The lowest BCUT2D eigenvalue weighted by molar-refractivity contribution is -0.138. The molecule has 3 aliphatic rings. The smallest absolute Gasteiger partial charge is 0.389 e. The van der Waals surface area contributed by atoms with Crippen molar-refractivity contribution < 1.29 is 41.3 Å². The number of amides is 1. The van der Waals surface area contributed by atoms with E-state index in [2.05, 4.69) is 5.32 Å². The van der Waals surface area contributed by atoms with E-state index in [1.807, 2.05) is 35.0 Å². The molecule has 3 N–H and O–H groups in total. The van der Waals surface area contributed by atoms with Gasteiger partial charge in [-0.2, -0.15) is 17.5 Å². The number of rotatable bonds is 12. The van der Waals surface area contributed by atoms with Gasteiger partial charge in [0.25, 0.3) is 5.91 Å². The Balaban J connectivity index is 1.16. The van der Waals surface area contributed by atoms with E-state index in [9.17, 15) is 31.5 Å². The predicted octanol–water partition coefficient (Wildman–Crippen LogP) is 3.82. The van der Waals surface area contributed by atoms with Gasteiger partial charge in [-0.3, -0.25) is 9.79 Å². The van der Waals surface area contributed by atoms with Gasteiger partial charge in [-0.1, -0.05) is 12.1 Å². The highest BCUT2D eigenvalue weighted by Gasteiger charge is 2.48. The highest BCUT2D eigenvalue weighted by molar-refractivity contribution is 7.92. The van der Waals surface area contributed by atoms with E-state index in [1.54, 1.807) is 6.08 Å². The monoisotopic (exact) mass is 654 g/mol. The minimum Gasteiger partial charge on any atom is -0.394 e. The van der Waals surface area contributed by atoms with Gasteiger partial charge in [-0.15, -0.1) is 0 Å². The molecule has 10 nitrogen and oxygen atoms in total. The van der Waals surface area contributed by atoms with Crippen LogP contribution in [0.3, 0.4) is 0 Å². The number of nitrogens with zero attached hydrogens (tertiary/aromatic N) is 3. The van der Waals surface area contributed by atoms with Gasteiger partial charge in [0.1, 0.15) is 17.5 Å². The third-order valence-corrected chi connectivity index (χ3v) is 10.8. The maximum Gasteiger partial charge on any atom is 0.389 e. The predicted molar refractivity (Wildman–Crippen MR) is 164 cm³/mol. The van der Waals surface area contributed by atoms with E-state index in [-0.39, 0.29) is 63.3 Å². The Morgan fingerprint density at radius 3 is 2.58 bits per heavy atom. The molecule has 5 rings (SSSR count). The molecule has 1 atom stereocenters. The number of aromatic nitrogens is 1. The SMILES string of the molecule is O=C1NC(C2CCC(CCC(F)(F)F)CC2)=NC12CCN(S(=O)(=O)C=Cc1cccc3c1ccn3CCOC[C@H](O)CO)CC2. The topological polar surface area (TPSA) is 133 Å². The first-order valence-electron chi connectivity index (χ1n) is 15.5. The fraction of sp³-hybridized carbons (Fsp3) is 0.613. The van der Waals surface area contributed by atoms with Gasteiger partial charge < -0.3 is 24.8 Å². The van der Waals surface area contributed by atoms with Gasteiger partial charge in [0.2, 0.25) is 10.0 Å². The number of carbonyl (C=O) groups excluding carboxylic acids is 1. The average molecular weight is 655 g/mol. The lowest BCUT2D eigenvalue weighted by Gasteiger charge is -2.34. The summed E-state index contributed by atoms with van der Waals surface area (Å²) in [5.41, 5.74) is 0.626.